The summed E-state index contributed by atoms with van der Waals surface area (Å²) >= 11 is 0. The first kappa shape index (κ1) is 15.6. The summed E-state index contributed by atoms with van der Waals surface area (Å²) in [6, 6.07) is 7.77. The van der Waals surface area contributed by atoms with Crippen LogP contribution in [-0.2, 0) is 4.79 Å². The summed E-state index contributed by atoms with van der Waals surface area (Å²) in [5, 5.41) is 6.01. The van der Waals surface area contributed by atoms with Crippen LogP contribution in [0.1, 0.15) is 12.8 Å². The molecular weight excluding hydrogens is 266 g/mol. The van der Waals surface area contributed by atoms with Gasteiger partial charge in [0.2, 0.25) is 0 Å². The number of nitrogens with zero attached hydrogens (tertiary/aromatic N) is 1. The molecule has 1 saturated heterocycles. The lowest BCUT2D eigenvalue weighted by Gasteiger charge is -2.30. The van der Waals surface area contributed by atoms with Gasteiger partial charge in [0.05, 0.1) is 0 Å². The van der Waals surface area contributed by atoms with Gasteiger partial charge in [0.1, 0.15) is 5.75 Å². The van der Waals surface area contributed by atoms with Gasteiger partial charge in [0, 0.05) is 31.9 Å². The van der Waals surface area contributed by atoms with E-state index >= 15 is 0 Å². The van der Waals surface area contributed by atoms with Crippen molar-refractivity contribution >= 4 is 11.6 Å². The number of anilines is 1. The van der Waals surface area contributed by atoms with Crippen LogP contribution < -0.4 is 15.4 Å². The molecule has 0 aromatic heterocycles. The molecule has 21 heavy (non-hydrogen) atoms. The predicted octanol–water partition coefficient (Wildman–Crippen LogP) is 1.57. The molecule has 2 N–H and O–H groups in total. The number of piperidine rings is 1. The lowest BCUT2D eigenvalue weighted by Crippen LogP contribution is -2.35. The lowest BCUT2D eigenvalue weighted by molar-refractivity contribution is -0.122. The fraction of sp³-hybridized carbons (Fsp3) is 0.562. The molecule has 1 atom stereocenters. The maximum Gasteiger partial charge on any atom is 0.257 e. The van der Waals surface area contributed by atoms with Gasteiger partial charge in [0.25, 0.3) is 5.91 Å². The number of benzene rings is 1. The summed E-state index contributed by atoms with van der Waals surface area (Å²) in [7, 11) is 3.78. The Morgan fingerprint density at radius 3 is 3.10 bits per heavy atom. The number of likely N-dealkylation sites (N-methyl/N-ethyl adjacent to an activating group) is 1. The Kier molecular flexibility index (Phi) is 5.87. The number of carbonyl (C=O) groups excluding carboxylic acids is 1. The Hall–Kier alpha value is -1.75. The van der Waals surface area contributed by atoms with E-state index in [2.05, 4.69) is 22.6 Å². The van der Waals surface area contributed by atoms with E-state index in [-0.39, 0.29) is 12.5 Å². The van der Waals surface area contributed by atoms with Crippen LogP contribution in [0.15, 0.2) is 24.3 Å². The second-order valence-corrected chi connectivity index (χ2v) is 5.64. The molecule has 1 unspecified atom stereocenters. The number of hydrogen-bond donors (Lipinski definition) is 2. The fourth-order valence-corrected chi connectivity index (χ4v) is 2.62. The number of hydrogen-bond acceptors (Lipinski definition) is 4. The second kappa shape index (κ2) is 7.88. The van der Waals surface area contributed by atoms with Gasteiger partial charge >= 0.3 is 0 Å². The predicted molar refractivity (Wildman–Crippen MR) is 84.7 cm³/mol. The Bertz CT molecular complexity index is 465. The molecule has 0 radical (unpaired) electrons. The number of amides is 1. The normalized spacial score (nSPS) is 19.0. The molecule has 116 valence electrons. The molecule has 1 fully saturated rings. The van der Waals surface area contributed by atoms with Crippen LogP contribution in [0.2, 0.25) is 0 Å². The highest BCUT2D eigenvalue weighted by Gasteiger charge is 2.16. The standard InChI is InChI=1S/C16H25N3O2/c1-17-16(20)12-21-15-7-3-6-14(9-15)18-10-13-5-4-8-19(2)11-13/h3,6-7,9,13,18H,4-5,8,10-12H2,1-2H3,(H,17,20). The monoisotopic (exact) mass is 291 g/mol. The van der Waals surface area contributed by atoms with Crippen molar-refractivity contribution < 1.29 is 9.53 Å². The highest BCUT2D eigenvalue weighted by atomic mass is 16.5. The third-order valence-corrected chi connectivity index (χ3v) is 3.80. The van der Waals surface area contributed by atoms with Crippen molar-refractivity contribution in [1.29, 1.82) is 0 Å². The highest BCUT2D eigenvalue weighted by Crippen LogP contribution is 2.20. The molecule has 1 amide bonds. The number of nitrogens with one attached hydrogen (secondary N) is 2. The van der Waals surface area contributed by atoms with Crippen LogP contribution in [0, 0.1) is 5.92 Å². The number of ether oxygens (including phenoxy) is 1. The van der Waals surface area contributed by atoms with Crippen LogP contribution in [0.4, 0.5) is 5.69 Å². The van der Waals surface area contributed by atoms with E-state index in [9.17, 15) is 4.79 Å². The van der Waals surface area contributed by atoms with E-state index in [4.69, 9.17) is 4.74 Å². The average molecular weight is 291 g/mol. The van der Waals surface area contributed by atoms with E-state index in [1.807, 2.05) is 24.3 Å². The molecule has 0 bridgehead atoms. The molecule has 0 spiro atoms. The quantitative estimate of drug-likeness (QED) is 0.835. The van der Waals surface area contributed by atoms with E-state index in [0.717, 1.165) is 18.8 Å². The molecule has 1 aliphatic rings. The minimum Gasteiger partial charge on any atom is -0.484 e. The van der Waals surface area contributed by atoms with Crippen molar-refractivity contribution in [3.8, 4) is 5.75 Å². The molecule has 5 heteroatoms. The zero-order valence-corrected chi connectivity index (χ0v) is 12.9. The molecule has 0 saturated carbocycles. The fourth-order valence-electron chi connectivity index (χ4n) is 2.62. The zero-order chi connectivity index (χ0) is 15.1. The summed E-state index contributed by atoms with van der Waals surface area (Å²) in [4.78, 5) is 13.6. The molecule has 5 nitrogen and oxygen atoms in total. The van der Waals surface area contributed by atoms with Gasteiger partial charge in [-0.3, -0.25) is 4.79 Å². The van der Waals surface area contributed by atoms with Crippen molar-refractivity contribution in [2.24, 2.45) is 5.92 Å². The van der Waals surface area contributed by atoms with Gasteiger partial charge in [-0.15, -0.1) is 0 Å². The van der Waals surface area contributed by atoms with Crippen LogP contribution >= 0.6 is 0 Å². The molecule has 1 aromatic rings. The molecule has 0 aliphatic carbocycles. The van der Waals surface area contributed by atoms with E-state index in [1.165, 1.54) is 19.4 Å². The van der Waals surface area contributed by atoms with Gasteiger partial charge in [-0.05, 0) is 44.5 Å². The Labute approximate surface area is 126 Å². The third kappa shape index (κ3) is 5.27. The highest BCUT2D eigenvalue weighted by molar-refractivity contribution is 5.77. The van der Waals surface area contributed by atoms with E-state index in [0.29, 0.717) is 11.7 Å². The Morgan fingerprint density at radius 1 is 1.48 bits per heavy atom. The summed E-state index contributed by atoms with van der Waals surface area (Å²) in [6.45, 7) is 3.38. The van der Waals surface area contributed by atoms with Crippen molar-refractivity contribution in [2.75, 3.05) is 45.7 Å². The number of likely N-dealkylation sites (tertiary alicyclic amines) is 1. The topological polar surface area (TPSA) is 53.6 Å². The van der Waals surface area contributed by atoms with Gasteiger partial charge in [-0.2, -0.15) is 0 Å². The van der Waals surface area contributed by atoms with Crippen LogP contribution in [-0.4, -0.2) is 51.1 Å². The largest absolute Gasteiger partial charge is 0.484 e. The van der Waals surface area contributed by atoms with Crippen molar-refractivity contribution in [1.82, 2.24) is 10.2 Å². The molecular formula is C16H25N3O2. The van der Waals surface area contributed by atoms with Gasteiger partial charge in [0.15, 0.2) is 6.61 Å². The van der Waals surface area contributed by atoms with Gasteiger partial charge < -0.3 is 20.3 Å². The molecule has 2 rings (SSSR count). The minimum absolute atomic E-state index is 0.0490. The van der Waals surface area contributed by atoms with Crippen LogP contribution in [0.25, 0.3) is 0 Å². The Balaban J connectivity index is 1.81. The third-order valence-electron chi connectivity index (χ3n) is 3.80. The van der Waals surface area contributed by atoms with Crippen LogP contribution in [0.3, 0.4) is 0 Å². The van der Waals surface area contributed by atoms with Crippen molar-refractivity contribution in [3.63, 3.8) is 0 Å². The lowest BCUT2D eigenvalue weighted by atomic mass is 9.98. The van der Waals surface area contributed by atoms with E-state index < -0.39 is 0 Å². The number of rotatable bonds is 6. The van der Waals surface area contributed by atoms with E-state index in [1.54, 1.807) is 7.05 Å². The van der Waals surface area contributed by atoms with Gasteiger partial charge in [-0.25, -0.2) is 0 Å². The first-order valence-electron chi connectivity index (χ1n) is 7.53. The minimum atomic E-state index is -0.126. The average Bonchev–Trinajstić information content (AvgIpc) is 2.51. The molecule has 1 heterocycles. The Morgan fingerprint density at radius 2 is 2.33 bits per heavy atom. The first-order chi connectivity index (χ1) is 10.2. The molecule has 1 aromatic carbocycles. The maximum atomic E-state index is 11.2. The molecule has 1 aliphatic heterocycles. The first-order valence-corrected chi connectivity index (χ1v) is 7.53. The van der Waals surface area contributed by atoms with Crippen molar-refractivity contribution in [2.45, 2.75) is 12.8 Å². The zero-order valence-electron chi connectivity index (χ0n) is 12.9. The smallest absolute Gasteiger partial charge is 0.257 e. The summed E-state index contributed by atoms with van der Waals surface area (Å²) in [5.41, 5.74) is 1.04. The summed E-state index contributed by atoms with van der Waals surface area (Å²) in [5.74, 6) is 1.28. The van der Waals surface area contributed by atoms with Gasteiger partial charge in [-0.1, -0.05) is 6.07 Å². The number of carbonyl (C=O) groups is 1. The SMILES string of the molecule is CNC(=O)COc1cccc(NCC2CCCN(C)C2)c1. The maximum absolute atomic E-state index is 11.2. The summed E-state index contributed by atoms with van der Waals surface area (Å²) in [6.07, 6.45) is 2.56. The van der Waals surface area contributed by atoms with Crippen LogP contribution in [0.5, 0.6) is 5.75 Å². The second-order valence-electron chi connectivity index (χ2n) is 5.64. The van der Waals surface area contributed by atoms with Crippen molar-refractivity contribution in [3.05, 3.63) is 24.3 Å². The summed E-state index contributed by atoms with van der Waals surface area (Å²) < 4.78 is 5.45.